The summed E-state index contributed by atoms with van der Waals surface area (Å²) in [5.41, 5.74) is 1.15. The van der Waals surface area contributed by atoms with Crippen molar-refractivity contribution in [1.82, 2.24) is 25.1 Å². The molecule has 1 aliphatic heterocycles. The molecule has 156 valence electrons. The summed E-state index contributed by atoms with van der Waals surface area (Å²) in [7, 11) is 1.90. The molecule has 1 unspecified atom stereocenters. The third kappa shape index (κ3) is 5.05. The van der Waals surface area contributed by atoms with Crippen molar-refractivity contribution in [2.24, 2.45) is 7.05 Å². The molecule has 4 heterocycles. The summed E-state index contributed by atoms with van der Waals surface area (Å²) in [6.07, 6.45) is 3.17. The van der Waals surface area contributed by atoms with Crippen LogP contribution in [0.15, 0.2) is 24.8 Å². The molecule has 1 fully saturated rings. The molecule has 0 aliphatic carbocycles. The van der Waals surface area contributed by atoms with E-state index in [4.69, 9.17) is 0 Å². The molecule has 0 bridgehead atoms. The van der Waals surface area contributed by atoms with Gasteiger partial charge < -0.3 is 10.2 Å². The van der Waals surface area contributed by atoms with Gasteiger partial charge >= 0.3 is 6.18 Å². The zero-order chi connectivity index (χ0) is 20.4. The highest BCUT2D eigenvalue weighted by molar-refractivity contribution is 7.18. The quantitative estimate of drug-likeness (QED) is 0.677. The molecule has 1 aliphatic rings. The lowest BCUT2D eigenvalue weighted by Crippen LogP contribution is -2.30. The average Bonchev–Trinajstić information content (AvgIpc) is 3.17. The molecule has 0 amide bonds. The minimum atomic E-state index is -4.22. The summed E-state index contributed by atoms with van der Waals surface area (Å²) in [6.45, 7) is 2.42. The van der Waals surface area contributed by atoms with Crippen molar-refractivity contribution in [2.45, 2.75) is 44.4 Å². The molecule has 3 aromatic heterocycles. The van der Waals surface area contributed by atoms with E-state index in [-0.39, 0.29) is 4.88 Å². The zero-order valence-corrected chi connectivity index (χ0v) is 16.9. The minimum absolute atomic E-state index is 0.278. The Hall–Kier alpha value is -2.20. The summed E-state index contributed by atoms with van der Waals surface area (Å²) in [5, 5.41) is 8.50. The first kappa shape index (κ1) is 20.1. The fraction of sp³-hybridized carbons (Fsp3) is 0.526. The molecular formula is C19H23F3N6S. The van der Waals surface area contributed by atoms with Crippen molar-refractivity contribution in [3.63, 3.8) is 0 Å². The number of alkyl halides is 3. The van der Waals surface area contributed by atoms with Crippen molar-refractivity contribution in [1.29, 1.82) is 0 Å². The molecule has 0 spiro atoms. The van der Waals surface area contributed by atoms with E-state index < -0.39 is 12.6 Å². The van der Waals surface area contributed by atoms with Gasteiger partial charge in [0.05, 0.1) is 18.0 Å². The summed E-state index contributed by atoms with van der Waals surface area (Å²) in [6, 6.07) is 1.99. The predicted molar refractivity (Wildman–Crippen MR) is 107 cm³/mol. The smallest absolute Gasteiger partial charge is 0.356 e. The van der Waals surface area contributed by atoms with Gasteiger partial charge in [0.2, 0.25) is 0 Å². The molecule has 4 rings (SSSR count). The van der Waals surface area contributed by atoms with Crippen LogP contribution in [0.2, 0.25) is 0 Å². The molecule has 1 saturated heterocycles. The molecule has 10 heteroatoms. The summed E-state index contributed by atoms with van der Waals surface area (Å²) >= 11 is 1.10. The fourth-order valence-electron chi connectivity index (χ4n) is 3.77. The number of aryl methyl sites for hydroxylation is 1. The van der Waals surface area contributed by atoms with Crippen LogP contribution in [0.1, 0.15) is 29.7 Å². The first-order valence-corrected chi connectivity index (χ1v) is 10.4. The number of nitrogens with zero attached hydrogens (tertiary/aromatic N) is 5. The van der Waals surface area contributed by atoms with Gasteiger partial charge in [-0.2, -0.15) is 18.3 Å². The van der Waals surface area contributed by atoms with Crippen molar-refractivity contribution in [3.8, 4) is 0 Å². The SMILES string of the molecule is Cn1cc(CNC2CCCN(c3ncnc4sc(CC(F)(F)F)cc34)CC2)cn1. The van der Waals surface area contributed by atoms with Gasteiger partial charge in [-0.15, -0.1) is 11.3 Å². The van der Waals surface area contributed by atoms with Crippen LogP contribution in [0.3, 0.4) is 0 Å². The summed E-state index contributed by atoms with van der Waals surface area (Å²) < 4.78 is 40.1. The Labute approximate surface area is 170 Å². The Bertz CT molecular complexity index is 966. The maximum Gasteiger partial charge on any atom is 0.393 e. The van der Waals surface area contributed by atoms with Crippen LogP contribution in [0.5, 0.6) is 0 Å². The van der Waals surface area contributed by atoms with E-state index in [1.807, 2.05) is 19.4 Å². The second-order valence-electron chi connectivity index (χ2n) is 7.44. The number of rotatable bonds is 5. The normalized spacial score (nSPS) is 18.3. The molecule has 1 N–H and O–H groups in total. The summed E-state index contributed by atoms with van der Waals surface area (Å²) in [5.74, 6) is 0.743. The van der Waals surface area contributed by atoms with Crippen LogP contribution >= 0.6 is 11.3 Å². The second kappa shape index (κ2) is 8.27. The lowest BCUT2D eigenvalue weighted by atomic mass is 10.1. The monoisotopic (exact) mass is 424 g/mol. The summed E-state index contributed by atoms with van der Waals surface area (Å²) in [4.78, 5) is 11.7. The van der Waals surface area contributed by atoms with Crippen molar-refractivity contribution >= 4 is 27.4 Å². The maximum atomic E-state index is 12.8. The molecule has 6 nitrogen and oxygen atoms in total. The largest absolute Gasteiger partial charge is 0.393 e. The van der Waals surface area contributed by atoms with Gasteiger partial charge in [0.1, 0.15) is 17.0 Å². The molecule has 3 aromatic rings. The molecule has 0 saturated carbocycles. The molecule has 0 radical (unpaired) electrons. The van der Waals surface area contributed by atoms with Gasteiger partial charge in [-0.3, -0.25) is 4.68 Å². The number of thiophene rings is 1. The van der Waals surface area contributed by atoms with Crippen LogP contribution in [-0.4, -0.2) is 45.1 Å². The van der Waals surface area contributed by atoms with Crippen LogP contribution < -0.4 is 10.2 Å². The lowest BCUT2D eigenvalue weighted by Gasteiger charge is -2.22. The van der Waals surface area contributed by atoms with E-state index in [1.165, 1.54) is 6.33 Å². The third-order valence-electron chi connectivity index (χ3n) is 5.11. The van der Waals surface area contributed by atoms with Crippen molar-refractivity contribution in [3.05, 3.63) is 35.2 Å². The molecule has 1 atom stereocenters. The van der Waals surface area contributed by atoms with E-state index in [2.05, 4.69) is 25.3 Å². The number of aromatic nitrogens is 4. The van der Waals surface area contributed by atoms with Gasteiger partial charge in [0, 0.05) is 49.4 Å². The van der Waals surface area contributed by atoms with E-state index in [1.54, 1.807) is 10.7 Å². The Morgan fingerprint density at radius 3 is 2.86 bits per heavy atom. The van der Waals surface area contributed by atoms with Gasteiger partial charge in [0.15, 0.2) is 0 Å². The van der Waals surface area contributed by atoms with E-state index in [0.717, 1.165) is 67.0 Å². The number of hydrogen-bond acceptors (Lipinski definition) is 6. The molecule has 0 aromatic carbocycles. The zero-order valence-electron chi connectivity index (χ0n) is 16.1. The van der Waals surface area contributed by atoms with E-state index >= 15 is 0 Å². The maximum absolute atomic E-state index is 12.8. The number of anilines is 1. The number of nitrogens with one attached hydrogen (secondary N) is 1. The number of hydrogen-bond donors (Lipinski definition) is 1. The molecular weight excluding hydrogens is 401 g/mol. The Balaban J connectivity index is 1.44. The highest BCUT2D eigenvalue weighted by Crippen LogP contribution is 2.34. The van der Waals surface area contributed by atoms with Crippen LogP contribution in [0, 0.1) is 0 Å². The highest BCUT2D eigenvalue weighted by atomic mass is 32.1. The van der Waals surface area contributed by atoms with E-state index in [0.29, 0.717) is 10.9 Å². The predicted octanol–water partition coefficient (Wildman–Crippen LogP) is 3.68. The van der Waals surface area contributed by atoms with Gasteiger partial charge in [0.25, 0.3) is 0 Å². The van der Waals surface area contributed by atoms with E-state index in [9.17, 15) is 13.2 Å². The van der Waals surface area contributed by atoms with Crippen LogP contribution in [0.25, 0.3) is 10.2 Å². The van der Waals surface area contributed by atoms with Gasteiger partial charge in [-0.05, 0) is 25.3 Å². The number of fused-ring (bicyclic) bond motifs is 1. The molecule has 29 heavy (non-hydrogen) atoms. The van der Waals surface area contributed by atoms with Crippen molar-refractivity contribution < 1.29 is 13.2 Å². The van der Waals surface area contributed by atoms with Gasteiger partial charge in [-0.25, -0.2) is 9.97 Å². The lowest BCUT2D eigenvalue weighted by molar-refractivity contribution is -0.126. The third-order valence-corrected chi connectivity index (χ3v) is 6.16. The average molecular weight is 424 g/mol. The first-order valence-electron chi connectivity index (χ1n) is 9.63. The Morgan fingerprint density at radius 1 is 1.24 bits per heavy atom. The van der Waals surface area contributed by atoms with Crippen molar-refractivity contribution in [2.75, 3.05) is 18.0 Å². The van der Waals surface area contributed by atoms with Gasteiger partial charge in [-0.1, -0.05) is 0 Å². The van der Waals surface area contributed by atoms with Crippen LogP contribution in [0.4, 0.5) is 19.0 Å². The number of halogens is 3. The Morgan fingerprint density at radius 2 is 2.10 bits per heavy atom. The standard InChI is InChI=1S/C19H23F3N6S/c1-27-11-13(10-26-27)9-23-14-3-2-5-28(6-4-14)17-16-7-15(8-19(20,21)22)29-18(16)25-12-24-17/h7,10-12,14,23H,2-6,8-9H2,1H3. The Kier molecular flexibility index (Phi) is 5.73. The minimum Gasteiger partial charge on any atom is -0.356 e. The fourth-order valence-corrected chi connectivity index (χ4v) is 4.79. The van der Waals surface area contributed by atoms with Crippen LogP contribution in [-0.2, 0) is 20.0 Å². The topological polar surface area (TPSA) is 58.9 Å². The second-order valence-corrected chi connectivity index (χ2v) is 8.55. The first-order chi connectivity index (χ1) is 13.9. The highest BCUT2D eigenvalue weighted by Gasteiger charge is 2.29.